The molecule has 1 rings (SSSR count). The van der Waals surface area contributed by atoms with Crippen molar-refractivity contribution >= 4 is 16.8 Å². The molecule has 0 aromatic rings. The SMILES string of the molecule is C=CN=C1SC=C(C)C1=C(C)C. The highest BCUT2D eigenvalue weighted by molar-refractivity contribution is 8.17. The molecule has 0 saturated carbocycles. The van der Waals surface area contributed by atoms with Gasteiger partial charge in [-0.3, -0.25) is 0 Å². The van der Waals surface area contributed by atoms with Crippen molar-refractivity contribution in [1.29, 1.82) is 0 Å². The molecule has 0 amide bonds. The lowest BCUT2D eigenvalue weighted by molar-refractivity contribution is 1.32. The van der Waals surface area contributed by atoms with Gasteiger partial charge in [0.05, 0.1) is 0 Å². The van der Waals surface area contributed by atoms with Crippen molar-refractivity contribution in [2.24, 2.45) is 4.99 Å². The predicted molar refractivity (Wildman–Crippen MR) is 57.4 cm³/mol. The van der Waals surface area contributed by atoms with Crippen molar-refractivity contribution in [1.82, 2.24) is 0 Å². The zero-order valence-electron chi connectivity index (χ0n) is 7.72. The maximum atomic E-state index is 4.21. The quantitative estimate of drug-likeness (QED) is 0.600. The third-order valence-corrected chi connectivity index (χ3v) is 2.67. The molecule has 1 aliphatic rings. The Labute approximate surface area is 78.0 Å². The van der Waals surface area contributed by atoms with E-state index in [4.69, 9.17) is 0 Å². The second-order valence-electron chi connectivity index (χ2n) is 2.91. The summed E-state index contributed by atoms with van der Waals surface area (Å²) in [5.74, 6) is 0. The molecule has 0 aromatic carbocycles. The predicted octanol–water partition coefficient (Wildman–Crippen LogP) is 3.52. The van der Waals surface area contributed by atoms with Crippen LogP contribution in [0.5, 0.6) is 0 Å². The van der Waals surface area contributed by atoms with E-state index >= 15 is 0 Å². The smallest absolute Gasteiger partial charge is 0.108 e. The van der Waals surface area contributed by atoms with Crippen LogP contribution in [0.1, 0.15) is 20.8 Å². The van der Waals surface area contributed by atoms with Gasteiger partial charge in [0.1, 0.15) is 5.04 Å². The Bertz CT molecular complexity index is 291. The Morgan fingerprint density at radius 1 is 1.58 bits per heavy atom. The van der Waals surface area contributed by atoms with Crippen LogP contribution in [-0.2, 0) is 0 Å². The van der Waals surface area contributed by atoms with Crippen LogP contribution in [0.3, 0.4) is 0 Å². The van der Waals surface area contributed by atoms with Crippen molar-refractivity contribution in [3.63, 3.8) is 0 Å². The van der Waals surface area contributed by atoms with Crippen molar-refractivity contribution < 1.29 is 0 Å². The van der Waals surface area contributed by atoms with Gasteiger partial charge < -0.3 is 0 Å². The summed E-state index contributed by atoms with van der Waals surface area (Å²) < 4.78 is 0. The average Bonchev–Trinajstić information content (AvgIpc) is 2.32. The second kappa shape index (κ2) is 3.76. The van der Waals surface area contributed by atoms with Crippen molar-refractivity contribution in [2.75, 3.05) is 0 Å². The maximum Gasteiger partial charge on any atom is 0.108 e. The maximum absolute atomic E-state index is 4.21. The van der Waals surface area contributed by atoms with E-state index in [1.165, 1.54) is 16.7 Å². The normalized spacial score (nSPS) is 19.8. The van der Waals surface area contributed by atoms with Crippen LogP contribution in [0, 0.1) is 0 Å². The highest BCUT2D eigenvalue weighted by Crippen LogP contribution is 2.32. The minimum Gasteiger partial charge on any atom is -0.250 e. The number of nitrogens with zero attached hydrogens (tertiary/aromatic N) is 1. The molecule has 1 aliphatic heterocycles. The fourth-order valence-corrected chi connectivity index (χ4v) is 2.24. The first-order valence-corrected chi connectivity index (χ1v) is 4.75. The van der Waals surface area contributed by atoms with E-state index in [9.17, 15) is 0 Å². The Kier molecular flexibility index (Phi) is 2.93. The monoisotopic (exact) mass is 179 g/mol. The van der Waals surface area contributed by atoms with Gasteiger partial charge in [0.2, 0.25) is 0 Å². The first-order valence-electron chi connectivity index (χ1n) is 3.87. The van der Waals surface area contributed by atoms with Crippen LogP contribution < -0.4 is 0 Å². The van der Waals surface area contributed by atoms with E-state index in [0.29, 0.717) is 0 Å². The molecule has 12 heavy (non-hydrogen) atoms. The summed E-state index contributed by atoms with van der Waals surface area (Å²) in [5, 5.41) is 3.20. The topological polar surface area (TPSA) is 12.4 Å². The lowest BCUT2D eigenvalue weighted by Gasteiger charge is -2.02. The number of allylic oxidation sites excluding steroid dienone is 2. The lowest BCUT2D eigenvalue weighted by atomic mass is 10.1. The molecular formula is C10H13NS. The first kappa shape index (κ1) is 9.33. The number of rotatable bonds is 1. The van der Waals surface area contributed by atoms with Crippen molar-refractivity contribution in [3.8, 4) is 0 Å². The van der Waals surface area contributed by atoms with Crippen molar-refractivity contribution in [2.45, 2.75) is 20.8 Å². The van der Waals surface area contributed by atoms with Gasteiger partial charge in [-0.15, -0.1) is 0 Å². The van der Waals surface area contributed by atoms with Gasteiger partial charge >= 0.3 is 0 Å². The molecule has 0 radical (unpaired) electrons. The number of hydrogen-bond donors (Lipinski definition) is 0. The van der Waals surface area contributed by atoms with Gasteiger partial charge in [-0.05, 0) is 31.8 Å². The van der Waals surface area contributed by atoms with E-state index in [-0.39, 0.29) is 0 Å². The van der Waals surface area contributed by atoms with Crippen molar-refractivity contribution in [3.05, 3.63) is 34.9 Å². The van der Waals surface area contributed by atoms with E-state index in [2.05, 4.69) is 37.8 Å². The molecule has 0 bridgehead atoms. The molecule has 0 spiro atoms. The van der Waals surface area contributed by atoms with Gasteiger partial charge in [0, 0.05) is 11.8 Å². The number of hydrogen-bond acceptors (Lipinski definition) is 2. The Hall–Kier alpha value is -0.760. The van der Waals surface area contributed by atoms with Gasteiger partial charge in [-0.1, -0.05) is 23.9 Å². The van der Waals surface area contributed by atoms with Crippen LogP contribution >= 0.6 is 11.8 Å². The van der Waals surface area contributed by atoms with Crippen LogP contribution in [-0.4, -0.2) is 5.04 Å². The third-order valence-electron chi connectivity index (χ3n) is 1.66. The van der Waals surface area contributed by atoms with Gasteiger partial charge in [-0.25, -0.2) is 4.99 Å². The summed E-state index contributed by atoms with van der Waals surface area (Å²) >= 11 is 1.67. The highest BCUT2D eigenvalue weighted by Gasteiger charge is 2.16. The highest BCUT2D eigenvalue weighted by atomic mass is 32.2. The average molecular weight is 179 g/mol. The van der Waals surface area contributed by atoms with Crippen LogP contribution in [0.25, 0.3) is 0 Å². The Morgan fingerprint density at radius 2 is 2.25 bits per heavy atom. The summed E-state index contributed by atoms with van der Waals surface area (Å²) in [6, 6.07) is 0. The van der Waals surface area contributed by atoms with E-state index in [0.717, 1.165) is 5.04 Å². The van der Waals surface area contributed by atoms with Gasteiger partial charge in [0.15, 0.2) is 0 Å². The van der Waals surface area contributed by atoms with Crippen LogP contribution in [0.2, 0.25) is 0 Å². The fourth-order valence-electron chi connectivity index (χ4n) is 1.22. The second-order valence-corrected chi connectivity index (χ2v) is 3.77. The number of thioether (sulfide) groups is 1. The molecule has 0 aromatic heterocycles. The molecule has 2 heteroatoms. The molecule has 0 unspecified atom stereocenters. The molecule has 0 atom stereocenters. The summed E-state index contributed by atoms with van der Waals surface area (Å²) in [7, 11) is 0. The molecular weight excluding hydrogens is 166 g/mol. The Balaban J connectivity index is 3.09. The van der Waals surface area contributed by atoms with E-state index < -0.39 is 0 Å². The molecule has 0 saturated heterocycles. The minimum absolute atomic E-state index is 1.07. The molecule has 0 fully saturated rings. The number of aliphatic imine (C=N–C) groups is 1. The summed E-state index contributed by atoms with van der Waals surface area (Å²) in [6.45, 7) is 9.93. The first-order chi connectivity index (χ1) is 5.66. The van der Waals surface area contributed by atoms with Crippen LogP contribution in [0.15, 0.2) is 39.9 Å². The zero-order chi connectivity index (χ0) is 9.14. The summed E-state index contributed by atoms with van der Waals surface area (Å²) in [4.78, 5) is 4.21. The molecule has 1 nitrogen and oxygen atoms in total. The standard InChI is InChI=1S/C10H13NS/c1-5-11-10-9(7(2)3)8(4)6-12-10/h5-6H,1H2,2-4H3. The van der Waals surface area contributed by atoms with E-state index in [1.807, 2.05) is 0 Å². The fraction of sp³-hybridized carbons (Fsp3) is 0.300. The largest absolute Gasteiger partial charge is 0.250 e. The molecule has 0 aliphatic carbocycles. The minimum atomic E-state index is 1.07. The molecule has 0 N–H and O–H groups in total. The lowest BCUT2D eigenvalue weighted by Crippen LogP contribution is -1.94. The Morgan fingerprint density at radius 3 is 2.75 bits per heavy atom. The third kappa shape index (κ3) is 1.69. The van der Waals surface area contributed by atoms with Gasteiger partial charge in [-0.2, -0.15) is 0 Å². The summed E-state index contributed by atoms with van der Waals surface area (Å²) in [6.07, 6.45) is 1.59. The zero-order valence-corrected chi connectivity index (χ0v) is 8.53. The summed E-state index contributed by atoms with van der Waals surface area (Å²) in [5.41, 5.74) is 3.90. The van der Waals surface area contributed by atoms with E-state index in [1.54, 1.807) is 18.0 Å². The molecule has 64 valence electrons. The van der Waals surface area contributed by atoms with Gasteiger partial charge in [0.25, 0.3) is 0 Å². The molecule has 1 heterocycles. The van der Waals surface area contributed by atoms with Crippen LogP contribution in [0.4, 0.5) is 0 Å².